The summed E-state index contributed by atoms with van der Waals surface area (Å²) in [5, 5.41) is 12.2. The number of hydrogen-bond donors (Lipinski definition) is 1. The molecular formula is C13H9N3O2S. The number of nitrogens with zero attached hydrogens (tertiary/aromatic N) is 2. The van der Waals surface area contributed by atoms with Gasteiger partial charge in [-0.1, -0.05) is 29.4 Å². The summed E-state index contributed by atoms with van der Waals surface area (Å²) >= 11 is 1.50. The van der Waals surface area contributed by atoms with E-state index in [1.165, 1.54) is 11.3 Å². The zero-order chi connectivity index (χ0) is 13.1. The maximum absolute atomic E-state index is 11.9. The van der Waals surface area contributed by atoms with E-state index in [0.29, 0.717) is 11.5 Å². The number of aromatic nitrogens is 2. The molecule has 0 aliphatic carbocycles. The highest BCUT2D eigenvalue weighted by Gasteiger charge is 2.12. The molecule has 5 nitrogen and oxygen atoms in total. The van der Waals surface area contributed by atoms with Crippen molar-refractivity contribution in [3.63, 3.8) is 0 Å². The maximum atomic E-state index is 11.9. The van der Waals surface area contributed by atoms with Gasteiger partial charge in [-0.15, -0.1) is 16.4 Å². The molecule has 3 rings (SSSR count). The van der Waals surface area contributed by atoms with Crippen molar-refractivity contribution < 1.29 is 9.21 Å². The molecule has 2 aromatic heterocycles. The summed E-state index contributed by atoms with van der Waals surface area (Å²) in [6.45, 7) is 0. The summed E-state index contributed by atoms with van der Waals surface area (Å²) in [4.78, 5) is 12.7. The molecule has 0 radical (unpaired) electrons. The zero-order valence-electron chi connectivity index (χ0n) is 9.74. The van der Waals surface area contributed by atoms with Crippen molar-refractivity contribution >= 4 is 23.3 Å². The first kappa shape index (κ1) is 11.6. The Hall–Kier alpha value is -2.47. The summed E-state index contributed by atoms with van der Waals surface area (Å²) in [5.74, 6) is 0.125. The van der Waals surface area contributed by atoms with Crippen LogP contribution in [0.25, 0.3) is 10.8 Å². The molecule has 0 atom stereocenters. The lowest BCUT2D eigenvalue weighted by Crippen LogP contribution is -2.11. The molecule has 6 heteroatoms. The second kappa shape index (κ2) is 5.03. The normalized spacial score (nSPS) is 10.3. The highest BCUT2D eigenvalue weighted by molar-refractivity contribution is 7.13. The molecule has 1 aromatic carbocycles. The third-order valence-corrected chi connectivity index (χ3v) is 3.27. The first-order chi connectivity index (χ1) is 9.33. The Kier molecular flexibility index (Phi) is 3.07. The monoisotopic (exact) mass is 271 g/mol. The SMILES string of the molecule is O=C(Nc1nnc(-c2cccs2)o1)c1ccccc1. The molecule has 0 saturated heterocycles. The van der Waals surface area contributed by atoms with Crippen LogP contribution in [0.3, 0.4) is 0 Å². The third kappa shape index (κ3) is 2.53. The lowest BCUT2D eigenvalue weighted by molar-refractivity contribution is 0.102. The van der Waals surface area contributed by atoms with E-state index in [0.717, 1.165) is 4.88 Å². The average molecular weight is 271 g/mol. The third-order valence-electron chi connectivity index (χ3n) is 2.41. The number of rotatable bonds is 3. The molecule has 3 aromatic rings. The number of benzene rings is 1. The van der Waals surface area contributed by atoms with Gasteiger partial charge in [0.2, 0.25) is 0 Å². The minimum atomic E-state index is -0.276. The van der Waals surface area contributed by atoms with Gasteiger partial charge in [0.25, 0.3) is 11.8 Å². The van der Waals surface area contributed by atoms with E-state index in [1.807, 2.05) is 23.6 Å². The van der Waals surface area contributed by atoms with Gasteiger partial charge in [0, 0.05) is 5.56 Å². The van der Waals surface area contributed by atoms with E-state index >= 15 is 0 Å². The molecule has 1 amide bonds. The van der Waals surface area contributed by atoms with Crippen LogP contribution in [0, 0.1) is 0 Å². The van der Waals surface area contributed by atoms with E-state index in [2.05, 4.69) is 15.5 Å². The zero-order valence-corrected chi connectivity index (χ0v) is 10.6. The number of carbonyl (C=O) groups excluding carboxylic acids is 1. The molecule has 0 unspecified atom stereocenters. The molecule has 0 bridgehead atoms. The van der Waals surface area contributed by atoms with Gasteiger partial charge in [-0.3, -0.25) is 10.1 Å². The molecule has 19 heavy (non-hydrogen) atoms. The number of amides is 1. The minimum absolute atomic E-state index is 0.0947. The number of thiophene rings is 1. The number of anilines is 1. The van der Waals surface area contributed by atoms with Gasteiger partial charge in [0.05, 0.1) is 4.88 Å². The molecule has 0 aliphatic rings. The molecule has 0 spiro atoms. The number of carbonyl (C=O) groups is 1. The summed E-state index contributed by atoms with van der Waals surface area (Å²) in [7, 11) is 0. The van der Waals surface area contributed by atoms with Crippen LogP contribution < -0.4 is 5.32 Å². The van der Waals surface area contributed by atoms with Crippen molar-refractivity contribution in [3.05, 3.63) is 53.4 Å². The van der Waals surface area contributed by atoms with E-state index in [1.54, 1.807) is 24.3 Å². The van der Waals surface area contributed by atoms with Crippen LogP contribution in [0.15, 0.2) is 52.3 Å². The molecule has 94 valence electrons. The van der Waals surface area contributed by atoms with E-state index in [4.69, 9.17) is 4.42 Å². The first-order valence-corrected chi connectivity index (χ1v) is 6.45. The van der Waals surface area contributed by atoms with Crippen LogP contribution in [0.1, 0.15) is 10.4 Å². The smallest absolute Gasteiger partial charge is 0.322 e. The molecule has 0 aliphatic heterocycles. The van der Waals surface area contributed by atoms with Gasteiger partial charge in [-0.25, -0.2) is 0 Å². The van der Waals surface area contributed by atoms with Crippen molar-refractivity contribution in [2.45, 2.75) is 0 Å². The Morgan fingerprint density at radius 3 is 2.68 bits per heavy atom. The molecule has 2 heterocycles. The van der Waals surface area contributed by atoms with Crippen LogP contribution in [0.5, 0.6) is 0 Å². The van der Waals surface area contributed by atoms with Gasteiger partial charge in [0.15, 0.2) is 0 Å². The summed E-state index contributed by atoms with van der Waals surface area (Å²) in [6, 6.07) is 12.7. The van der Waals surface area contributed by atoms with Crippen LogP contribution in [-0.4, -0.2) is 16.1 Å². The Labute approximate surface area is 112 Å². The van der Waals surface area contributed by atoms with Crippen molar-refractivity contribution in [2.24, 2.45) is 0 Å². The highest BCUT2D eigenvalue weighted by atomic mass is 32.1. The molecule has 0 fully saturated rings. The Bertz CT molecular complexity index is 677. The van der Waals surface area contributed by atoms with Crippen LogP contribution in [0.4, 0.5) is 6.01 Å². The highest BCUT2D eigenvalue weighted by Crippen LogP contribution is 2.24. The second-order valence-electron chi connectivity index (χ2n) is 3.71. The second-order valence-corrected chi connectivity index (χ2v) is 4.66. The summed E-state index contributed by atoms with van der Waals surface area (Å²) in [5.41, 5.74) is 0.540. The van der Waals surface area contributed by atoms with Crippen molar-refractivity contribution in [1.82, 2.24) is 10.2 Å². The first-order valence-electron chi connectivity index (χ1n) is 5.57. The quantitative estimate of drug-likeness (QED) is 0.795. The van der Waals surface area contributed by atoms with Crippen molar-refractivity contribution in [1.29, 1.82) is 0 Å². The molecular weight excluding hydrogens is 262 g/mol. The van der Waals surface area contributed by atoms with E-state index in [9.17, 15) is 4.79 Å². The average Bonchev–Trinajstić information content (AvgIpc) is 3.10. The summed E-state index contributed by atoms with van der Waals surface area (Å²) in [6.07, 6.45) is 0. The summed E-state index contributed by atoms with van der Waals surface area (Å²) < 4.78 is 5.38. The molecule has 1 N–H and O–H groups in total. The lowest BCUT2D eigenvalue weighted by atomic mass is 10.2. The number of hydrogen-bond acceptors (Lipinski definition) is 5. The van der Waals surface area contributed by atoms with Gasteiger partial charge < -0.3 is 4.42 Å². The fourth-order valence-electron chi connectivity index (χ4n) is 1.53. The molecule has 0 saturated carbocycles. The van der Waals surface area contributed by atoms with Gasteiger partial charge in [-0.2, -0.15) is 0 Å². The van der Waals surface area contributed by atoms with Crippen LogP contribution in [-0.2, 0) is 0 Å². The van der Waals surface area contributed by atoms with Crippen molar-refractivity contribution in [2.75, 3.05) is 5.32 Å². The topological polar surface area (TPSA) is 68.0 Å². The Morgan fingerprint density at radius 2 is 1.95 bits per heavy atom. The fraction of sp³-hybridized carbons (Fsp3) is 0. The van der Waals surface area contributed by atoms with Gasteiger partial charge >= 0.3 is 6.01 Å². The van der Waals surface area contributed by atoms with Gasteiger partial charge in [-0.05, 0) is 23.6 Å². The van der Waals surface area contributed by atoms with Gasteiger partial charge in [0.1, 0.15) is 0 Å². The predicted octanol–water partition coefficient (Wildman–Crippen LogP) is 3.05. The maximum Gasteiger partial charge on any atom is 0.322 e. The van der Waals surface area contributed by atoms with E-state index in [-0.39, 0.29) is 11.9 Å². The standard InChI is InChI=1S/C13H9N3O2S/c17-11(9-5-2-1-3-6-9)14-13-16-15-12(18-13)10-7-4-8-19-10/h1-8H,(H,14,16,17). The Balaban J connectivity index is 1.76. The largest absolute Gasteiger partial charge is 0.402 e. The lowest BCUT2D eigenvalue weighted by Gasteiger charge is -1.99. The number of nitrogens with one attached hydrogen (secondary N) is 1. The van der Waals surface area contributed by atoms with E-state index < -0.39 is 0 Å². The minimum Gasteiger partial charge on any atom is -0.402 e. The van der Waals surface area contributed by atoms with Crippen LogP contribution >= 0.6 is 11.3 Å². The Morgan fingerprint density at radius 1 is 1.11 bits per heavy atom. The fourth-order valence-corrected chi connectivity index (χ4v) is 2.18. The van der Waals surface area contributed by atoms with Crippen LogP contribution in [0.2, 0.25) is 0 Å². The predicted molar refractivity (Wildman–Crippen MR) is 72.0 cm³/mol. The van der Waals surface area contributed by atoms with Crippen molar-refractivity contribution in [3.8, 4) is 10.8 Å².